The van der Waals surface area contributed by atoms with Gasteiger partial charge in [-0.1, -0.05) is 30.3 Å². The quantitative estimate of drug-likeness (QED) is 0.397. The molecule has 134 valence electrons. The van der Waals surface area contributed by atoms with Gasteiger partial charge >= 0.3 is 5.00 Å². The van der Waals surface area contributed by atoms with Crippen molar-refractivity contribution in [2.45, 2.75) is 6.42 Å². The predicted octanol–water partition coefficient (Wildman–Crippen LogP) is 4.32. The molecule has 1 N–H and O–H groups in total. The van der Waals surface area contributed by atoms with E-state index < -0.39 is 4.92 Å². The van der Waals surface area contributed by atoms with Crippen molar-refractivity contribution in [3.05, 3.63) is 76.6 Å². The van der Waals surface area contributed by atoms with Gasteiger partial charge in [-0.25, -0.2) is 9.97 Å². The number of pyridine rings is 1. The molecule has 27 heavy (non-hydrogen) atoms. The molecule has 8 heteroatoms. The highest BCUT2D eigenvalue weighted by Crippen LogP contribution is 2.35. The zero-order chi connectivity index (χ0) is 18.6. The Morgan fingerprint density at radius 1 is 1.11 bits per heavy atom. The lowest BCUT2D eigenvalue weighted by Crippen LogP contribution is -2.07. The first-order chi connectivity index (χ1) is 13.2. The maximum absolute atomic E-state index is 11.2. The van der Waals surface area contributed by atoms with Crippen LogP contribution in [0.15, 0.2) is 60.9 Å². The summed E-state index contributed by atoms with van der Waals surface area (Å²) in [6.07, 6.45) is 4.18. The van der Waals surface area contributed by atoms with Crippen molar-refractivity contribution in [2.75, 3.05) is 11.9 Å². The van der Waals surface area contributed by atoms with Crippen molar-refractivity contribution in [3.63, 3.8) is 0 Å². The van der Waals surface area contributed by atoms with Crippen molar-refractivity contribution < 1.29 is 4.92 Å². The van der Waals surface area contributed by atoms with Gasteiger partial charge in [0.05, 0.1) is 10.3 Å². The summed E-state index contributed by atoms with van der Waals surface area (Å²) >= 11 is 1.05. The van der Waals surface area contributed by atoms with Gasteiger partial charge in [-0.15, -0.1) is 0 Å². The summed E-state index contributed by atoms with van der Waals surface area (Å²) in [5.41, 5.74) is 1.97. The zero-order valence-corrected chi connectivity index (χ0v) is 15.0. The molecule has 3 aromatic heterocycles. The van der Waals surface area contributed by atoms with E-state index in [-0.39, 0.29) is 5.00 Å². The molecule has 0 atom stereocenters. The summed E-state index contributed by atoms with van der Waals surface area (Å²) in [6, 6.07) is 15.3. The second-order valence-electron chi connectivity index (χ2n) is 5.86. The van der Waals surface area contributed by atoms with Crippen LogP contribution < -0.4 is 5.32 Å². The number of hydrogen-bond acceptors (Lipinski definition) is 7. The van der Waals surface area contributed by atoms with E-state index in [9.17, 15) is 10.1 Å². The molecule has 0 saturated heterocycles. The third-order valence-corrected chi connectivity index (χ3v) is 5.01. The van der Waals surface area contributed by atoms with Crippen LogP contribution in [-0.2, 0) is 6.42 Å². The molecular formula is C19H15N5O2S. The van der Waals surface area contributed by atoms with Crippen LogP contribution in [0.3, 0.4) is 0 Å². The van der Waals surface area contributed by atoms with Gasteiger partial charge in [0, 0.05) is 30.6 Å². The minimum absolute atomic E-state index is 0.0498. The zero-order valence-electron chi connectivity index (χ0n) is 14.2. The Hall–Kier alpha value is -3.39. The number of thiophene rings is 1. The summed E-state index contributed by atoms with van der Waals surface area (Å²) in [7, 11) is 0. The molecule has 0 fully saturated rings. The van der Waals surface area contributed by atoms with Crippen molar-refractivity contribution in [2.24, 2.45) is 0 Å². The van der Waals surface area contributed by atoms with Crippen LogP contribution in [0, 0.1) is 10.1 Å². The third kappa shape index (κ3) is 3.75. The van der Waals surface area contributed by atoms with Crippen molar-refractivity contribution >= 4 is 32.4 Å². The fourth-order valence-electron chi connectivity index (χ4n) is 2.73. The number of nitrogens with one attached hydrogen (secondary N) is 1. The van der Waals surface area contributed by atoms with Gasteiger partial charge in [0.15, 0.2) is 5.82 Å². The molecule has 0 amide bonds. The number of nitrogens with zero attached hydrogens (tertiary/aromatic N) is 4. The minimum Gasteiger partial charge on any atom is -0.369 e. The monoisotopic (exact) mass is 377 g/mol. The SMILES string of the molecule is O=[N+]([O-])c1cc2c(NCCc3ccccc3)nc(-c3cccnc3)nc2s1. The fourth-order valence-corrected chi connectivity index (χ4v) is 3.57. The van der Waals surface area contributed by atoms with E-state index >= 15 is 0 Å². The average molecular weight is 377 g/mol. The Bertz CT molecular complexity index is 1080. The lowest BCUT2D eigenvalue weighted by molar-refractivity contribution is -0.380. The number of aromatic nitrogens is 3. The van der Waals surface area contributed by atoms with E-state index in [1.54, 1.807) is 12.4 Å². The molecule has 7 nitrogen and oxygen atoms in total. The Balaban J connectivity index is 1.69. The first-order valence-electron chi connectivity index (χ1n) is 8.35. The van der Waals surface area contributed by atoms with Gasteiger partial charge in [-0.2, -0.15) is 0 Å². The van der Waals surface area contributed by atoms with Gasteiger partial charge in [0.25, 0.3) is 0 Å². The van der Waals surface area contributed by atoms with E-state index in [2.05, 4.69) is 32.4 Å². The molecule has 3 heterocycles. The lowest BCUT2D eigenvalue weighted by atomic mass is 10.1. The molecule has 0 unspecified atom stereocenters. The molecule has 0 radical (unpaired) electrons. The summed E-state index contributed by atoms with van der Waals surface area (Å²) in [6.45, 7) is 0.659. The lowest BCUT2D eigenvalue weighted by Gasteiger charge is -2.09. The van der Waals surface area contributed by atoms with Crippen LogP contribution in [0.5, 0.6) is 0 Å². The maximum atomic E-state index is 11.2. The predicted molar refractivity (Wildman–Crippen MR) is 106 cm³/mol. The molecule has 0 bridgehead atoms. The molecule has 0 saturated carbocycles. The summed E-state index contributed by atoms with van der Waals surface area (Å²) in [5.74, 6) is 1.09. The van der Waals surface area contributed by atoms with Gasteiger partial charge in [-0.3, -0.25) is 15.1 Å². The van der Waals surface area contributed by atoms with Crippen LogP contribution in [0.1, 0.15) is 5.56 Å². The number of rotatable bonds is 6. The Morgan fingerprint density at radius 2 is 1.96 bits per heavy atom. The topological polar surface area (TPSA) is 93.8 Å². The van der Waals surface area contributed by atoms with E-state index in [1.807, 2.05) is 30.3 Å². The average Bonchev–Trinajstić information content (AvgIpc) is 3.14. The molecule has 0 aliphatic carbocycles. The number of fused-ring (bicyclic) bond motifs is 1. The van der Waals surface area contributed by atoms with Crippen LogP contribution in [0.4, 0.5) is 10.8 Å². The highest BCUT2D eigenvalue weighted by atomic mass is 32.1. The fraction of sp³-hybridized carbons (Fsp3) is 0.105. The number of hydrogen-bond donors (Lipinski definition) is 1. The van der Waals surface area contributed by atoms with E-state index in [1.165, 1.54) is 11.6 Å². The minimum atomic E-state index is -0.399. The first kappa shape index (κ1) is 17.0. The van der Waals surface area contributed by atoms with Crippen molar-refractivity contribution in [1.29, 1.82) is 0 Å². The molecule has 1 aromatic carbocycles. The smallest absolute Gasteiger partial charge is 0.326 e. The largest absolute Gasteiger partial charge is 0.369 e. The molecule has 4 rings (SSSR count). The summed E-state index contributed by atoms with van der Waals surface area (Å²) < 4.78 is 0. The van der Waals surface area contributed by atoms with Gasteiger partial charge < -0.3 is 5.32 Å². The molecule has 0 aliphatic rings. The normalized spacial score (nSPS) is 10.8. The summed E-state index contributed by atoms with van der Waals surface area (Å²) in [5, 5.41) is 15.2. The molecule has 4 aromatic rings. The summed E-state index contributed by atoms with van der Waals surface area (Å²) in [4.78, 5) is 24.6. The van der Waals surface area contributed by atoms with E-state index in [0.717, 1.165) is 23.3 Å². The number of anilines is 1. The van der Waals surface area contributed by atoms with Gasteiger partial charge in [0.2, 0.25) is 0 Å². The van der Waals surface area contributed by atoms with Crippen LogP contribution >= 0.6 is 11.3 Å². The standard InChI is InChI=1S/C19H15N5O2S/c25-24(26)16-11-15-18(21-10-8-13-5-2-1-3-6-13)22-17(23-19(15)27-16)14-7-4-9-20-12-14/h1-7,9,11-12H,8,10H2,(H,21,22,23). The maximum Gasteiger partial charge on any atom is 0.326 e. The number of benzene rings is 1. The molecular weight excluding hydrogens is 362 g/mol. The highest BCUT2D eigenvalue weighted by Gasteiger charge is 2.18. The van der Waals surface area contributed by atoms with Crippen LogP contribution in [0.25, 0.3) is 21.6 Å². The van der Waals surface area contributed by atoms with E-state index in [0.29, 0.717) is 28.4 Å². The van der Waals surface area contributed by atoms with Gasteiger partial charge in [-0.05, 0) is 35.5 Å². The van der Waals surface area contributed by atoms with Crippen molar-refractivity contribution in [1.82, 2.24) is 15.0 Å². The Labute approximate surface area is 158 Å². The van der Waals surface area contributed by atoms with Gasteiger partial charge in [0.1, 0.15) is 10.6 Å². The Morgan fingerprint density at radius 3 is 2.70 bits per heavy atom. The second-order valence-corrected chi connectivity index (χ2v) is 6.87. The highest BCUT2D eigenvalue weighted by molar-refractivity contribution is 7.21. The van der Waals surface area contributed by atoms with Crippen LogP contribution in [-0.4, -0.2) is 26.4 Å². The Kier molecular flexibility index (Phi) is 4.71. The first-order valence-corrected chi connectivity index (χ1v) is 9.16. The third-order valence-electron chi connectivity index (χ3n) is 4.03. The second kappa shape index (κ2) is 7.46. The van der Waals surface area contributed by atoms with E-state index in [4.69, 9.17) is 0 Å². The molecule has 0 spiro atoms. The molecule has 0 aliphatic heterocycles. The number of nitro groups is 1. The van der Waals surface area contributed by atoms with Crippen LogP contribution in [0.2, 0.25) is 0 Å². The van der Waals surface area contributed by atoms with Crippen molar-refractivity contribution in [3.8, 4) is 11.4 Å².